The first-order valence-corrected chi connectivity index (χ1v) is 3.51. The van der Waals surface area contributed by atoms with E-state index in [1.165, 1.54) is 0 Å². The molecule has 0 fully saturated rings. The summed E-state index contributed by atoms with van der Waals surface area (Å²) in [4.78, 5) is 4.00. The van der Waals surface area contributed by atoms with Gasteiger partial charge in [-0.2, -0.15) is 0 Å². The van der Waals surface area contributed by atoms with E-state index >= 15 is 0 Å². The summed E-state index contributed by atoms with van der Waals surface area (Å²) in [7, 11) is 0. The predicted molar refractivity (Wildman–Crippen MR) is 39.5 cm³/mol. The van der Waals surface area contributed by atoms with Gasteiger partial charge in [0.2, 0.25) is 0 Å². The first kappa shape index (κ1) is 5.85. The number of rotatable bonds is 0. The first-order valence-electron chi connectivity index (χ1n) is 2.72. The Kier molecular flexibility index (Phi) is 1.20. The monoisotopic (exact) mass is 198 g/mol. The molecule has 0 saturated carbocycles. The topological polar surface area (TPSA) is 38.9 Å². The van der Waals surface area contributed by atoms with Gasteiger partial charge < -0.3 is 4.52 Å². The molecule has 0 aliphatic heterocycles. The van der Waals surface area contributed by atoms with Crippen LogP contribution in [0.2, 0.25) is 0 Å². The molecular weight excluding hydrogens is 196 g/mol. The molecule has 0 atom stereocenters. The second kappa shape index (κ2) is 2.05. The lowest BCUT2D eigenvalue weighted by Gasteiger charge is -1.85. The summed E-state index contributed by atoms with van der Waals surface area (Å²) in [5.41, 5.74) is 0.752. The van der Waals surface area contributed by atoms with Crippen LogP contribution in [0.5, 0.6) is 0 Å². The van der Waals surface area contributed by atoms with Crippen LogP contribution in [-0.4, -0.2) is 10.1 Å². The van der Waals surface area contributed by atoms with Gasteiger partial charge in [-0.05, 0) is 15.9 Å². The molecule has 0 bridgehead atoms. The Morgan fingerprint density at radius 2 is 2.30 bits per heavy atom. The van der Waals surface area contributed by atoms with Crippen molar-refractivity contribution in [2.45, 2.75) is 0 Å². The number of pyridine rings is 1. The van der Waals surface area contributed by atoms with Gasteiger partial charge >= 0.3 is 0 Å². The molecule has 0 spiro atoms. The second-order valence-corrected chi connectivity index (χ2v) is 2.68. The zero-order valence-electron chi connectivity index (χ0n) is 4.91. The Balaban J connectivity index is 2.86. The van der Waals surface area contributed by atoms with Crippen molar-refractivity contribution >= 4 is 26.9 Å². The Morgan fingerprint density at radius 3 is 3.20 bits per heavy atom. The Hall–Kier alpha value is -0.900. The molecule has 0 radical (unpaired) electrons. The molecule has 0 aliphatic carbocycles. The van der Waals surface area contributed by atoms with Crippen LogP contribution in [-0.2, 0) is 0 Å². The average molecular weight is 199 g/mol. The van der Waals surface area contributed by atoms with Gasteiger partial charge in [0.1, 0.15) is 4.60 Å². The third-order valence-electron chi connectivity index (χ3n) is 1.20. The van der Waals surface area contributed by atoms with Crippen LogP contribution in [0.4, 0.5) is 0 Å². The first-order chi connectivity index (χ1) is 4.86. The SMILES string of the molecule is Brc1cc2oncc2cn1. The molecule has 2 rings (SSSR count). The van der Waals surface area contributed by atoms with Crippen LogP contribution >= 0.6 is 15.9 Å². The molecule has 10 heavy (non-hydrogen) atoms. The third kappa shape index (κ3) is 0.806. The summed E-state index contributed by atoms with van der Waals surface area (Å²) in [5.74, 6) is 0. The van der Waals surface area contributed by atoms with Crippen LogP contribution in [0.25, 0.3) is 11.0 Å². The lowest BCUT2D eigenvalue weighted by molar-refractivity contribution is 0.456. The van der Waals surface area contributed by atoms with E-state index in [0.717, 1.165) is 15.6 Å². The minimum atomic E-state index is 0.752. The van der Waals surface area contributed by atoms with Gasteiger partial charge in [0.05, 0.1) is 11.6 Å². The summed E-state index contributed by atoms with van der Waals surface area (Å²) in [6.07, 6.45) is 3.34. The molecule has 4 heteroatoms. The van der Waals surface area contributed by atoms with E-state index in [1.807, 2.05) is 0 Å². The maximum absolute atomic E-state index is 4.88. The highest BCUT2D eigenvalue weighted by Crippen LogP contribution is 2.15. The van der Waals surface area contributed by atoms with Crippen molar-refractivity contribution in [3.8, 4) is 0 Å². The molecule has 0 unspecified atom stereocenters. The third-order valence-corrected chi connectivity index (χ3v) is 1.64. The molecule has 50 valence electrons. The van der Waals surface area contributed by atoms with Gasteiger partial charge in [-0.3, -0.25) is 0 Å². The zero-order valence-corrected chi connectivity index (χ0v) is 6.50. The van der Waals surface area contributed by atoms with Crippen molar-refractivity contribution in [2.75, 3.05) is 0 Å². The Labute approximate surface area is 65.2 Å². The van der Waals surface area contributed by atoms with Crippen LogP contribution in [0.15, 0.2) is 27.6 Å². The summed E-state index contributed by atoms with van der Waals surface area (Å²) in [6.45, 7) is 0. The number of nitrogens with zero attached hydrogens (tertiary/aromatic N) is 2. The molecule has 3 nitrogen and oxygen atoms in total. The van der Waals surface area contributed by atoms with E-state index in [-0.39, 0.29) is 0 Å². The quantitative estimate of drug-likeness (QED) is 0.609. The van der Waals surface area contributed by atoms with Gasteiger partial charge in [0.15, 0.2) is 5.58 Å². The number of fused-ring (bicyclic) bond motifs is 1. The highest BCUT2D eigenvalue weighted by molar-refractivity contribution is 9.10. The largest absolute Gasteiger partial charge is 0.356 e. The molecular formula is C6H3BrN2O. The normalized spacial score (nSPS) is 10.5. The fraction of sp³-hybridized carbons (Fsp3) is 0. The minimum absolute atomic E-state index is 0.752. The van der Waals surface area contributed by atoms with Crippen LogP contribution in [0, 0.1) is 0 Å². The lowest BCUT2D eigenvalue weighted by atomic mass is 10.4. The van der Waals surface area contributed by atoms with Crippen LogP contribution < -0.4 is 0 Å². The molecule has 0 amide bonds. The molecule has 0 aliphatic rings. The van der Waals surface area contributed by atoms with Gasteiger partial charge in [0.25, 0.3) is 0 Å². The van der Waals surface area contributed by atoms with Gasteiger partial charge in [-0.15, -0.1) is 0 Å². The van der Waals surface area contributed by atoms with Gasteiger partial charge in [-0.25, -0.2) is 4.98 Å². The molecule has 0 N–H and O–H groups in total. The summed E-state index contributed by atoms with van der Waals surface area (Å²) in [6, 6.07) is 1.78. The van der Waals surface area contributed by atoms with E-state index in [4.69, 9.17) is 4.52 Å². The summed E-state index contributed by atoms with van der Waals surface area (Å²) < 4.78 is 5.64. The Bertz CT molecular complexity index is 357. The highest BCUT2D eigenvalue weighted by Gasteiger charge is 1.97. The standard InChI is InChI=1S/C6H3BrN2O/c7-6-1-5-4(2-8-6)3-9-10-5/h1-3H. The number of aromatic nitrogens is 2. The van der Waals surface area contributed by atoms with E-state index in [2.05, 4.69) is 26.1 Å². The van der Waals surface area contributed by atoms with E-state index in [9.17, 15) is 0 Å². The Morgan fingerprint density at radius 1 is 1.40 bits per heavy atom. The molecule has 2 aromatic rings. The zero-order chi connectivity index (χ0) is 6.97. The number of halogens is 1. The van der Waals surface area contributed by atoms with Crippen molar-refractivity contribution in [3.63, 3.8) is 0 Å². The van der Waals surface area contributed by atoms with Crippen molar-refractivity contribution in [1.82, 2.24) is 10.1 Å². The summed E-state index contributed by atoms with van der Waals surface area (Å²) >= 11 is 3.22. The maximum atomic E-state index is 4.88. The van der Waals surface area contributed by atoms with Crippen molar-refractivity contribution in [2.24, 2.45) is 0 Å². The van der Waals surface area contributed by atoms with E-state index in [0.29, 0.717) is 0 Å². The number of hydrogen-bond donors (Lipinski definition) is 0. The summed E-state index contributed by atoms with van der Waals surface area (Å²) in [5, 5.41) is 4.53. The number of hydrogen-bond acceptors (Lipinski definition) is 3. The van der Waals surface area contributed by atoms with E-state index in [1.54, 1.807) is 18.5 Å². The fourth-order valence-electron chi connectivity index (χ4n) is 0.740. The molecule has 0 saturated heterocycles. The highest BCUT2D eigenvalue weighted by atomic mass is 79.9. The fourth-order valence-corrected chi connectivity index (χ4v) is 1.05. The van der Waals surface area contributed by atoms with Crippen molar-refractivity contribution < 1.29 is 4.52 Å². The van der Waals surface area contributed by atoms with E-state index < -0.39 is 0 Å². The molecule has 0 aromatic carbocycles. The molecule has 2 heterocycles. The second-order valence-electron chi connectivity index (χ2n) is 1.87. The van der Waals surface area contributed by atoms with Crippen molar-refractivity contribution in [3.05, 3.63) is 23.1 Å². The minimum Gasteiger partial charge on any atom is -0.356 e. The smallest absolute Gasteiger partial charge is 0.171 e. The van der Waals surface area contributed by atoms with Crippen LogP contribution in [0.3, 0.4) is 0 Å². The van der Waals surface area contributed by atoms with Gasteiger partial charge in [0, 0.05) is 12.3 Å². The maximum Gasteiger partial charge on any atom is 0.171 e. The lowest BCUT2D eigenvalue weighted by Crippen LogP contribution is -1.71. The average Bonchev–Trinajstić information content (AvgIpc) is 2.33. The van der Waals surface area contributed by atoms with Crippen molar-refractivity contribution in [1.29, 1.82) is 0 Å². The predicted octanol–water partition coefficient (Wildman–Crippen LogP) is 1.99. The van der Waals surface area contributed by atoms with Gasteiger partial charge in [-0.1, -0.05) is 5.16 Å². The van der Waals surface area contributed by atoms with Crippen LogP contribution in [0.1, 0.15) is 0 Å². The molecule has 2 aromatic heterocycles.